The maximum absolute atomic E-state index is 12.6. The number of aromatic nitrogens is 3. The molecule has 1 aliphatic rings. The first-order valence-electron chi connectivity index (χ1n) is 8.65. The number of H-pyrrole nitrogens is 1. The van der Waals surface area contributed by atoms with E-state index in [1.165, 1.54) is 5.39 Å². The fourth-order valence-corrected chi connectivity index (χ4v) is 3.48. The number of nitrogens with one attached hydrogen (secondary N) is 2. The first-order chi connectivity index (χ1) is 12.2. The van der Waals surface area contributed by atoms with Crippen molar-refractivity contribution in [2.75, 3.05) is 13.2 Å². The number of hydrogen-bond acceptors (Lipinski definition) is 3. The summed E-state index contributed by atoms with van der Waals surface area (Å²) in [4.78, 5) is 20.3. The molecule has 1 amide bonds. The highest BCUT2D eigenvalue weighted by atomic mass is 16.5. The summed E-state index contributed by atoms with van der Waals surface area (Å²) in [5, 5.41) is 4.25. The molecule has 0 aliphatic carbocycles. The van der Waals surface area contributed by atoms with Crippen molar-refractivity contribution in [1.82, 2.24) is 19.9 Å². The Bertz CT molecular complexity index is 849. The average Bonchev–Trinajstić information content (AvgIpc) is 3.32. The molecule has 4 rings (SSSR count). The van der Waals surface area contributed by atoms with E-state index in [-0.39, 0.29) is 17.9 Å². The van der Waals surface area contributed by atoms with Crippen LogP contribution in [0.5, 0.6) is 0 Å². The Kier molecular flexibility index (Phi) is 4.28. The van der Waals surface area contributed by atoms with E-state index in [2.05, 4.69) is 33.5 Å². The van der Waals surface area contributed by atoms with Gasteiger partial charge in [-0.2, -0.15) is 0 Å². The molecule has 1 aliphatic heterocycles. The van der Waals surface area contributed by atoms with Crippen molar-refractivity contribution in [3.05, 3.63) is 54.2 Å². The van der Waals surface area contributed by atoms with Gasteiger partial charge in [-0.25, -0.2) is 4.98 Å². The third-order valence-electron chi connectivity index (χ3n) is 4.82. The molecule has 2 N–H and O–H groups in total. The predicted octanol–water partition coefficient (Wildman–Crippen LogP) is 2.34. The molecule has 3 aromatic rings. The smallest absolute Gasteiger partial charge is 0.226 e. The van der Waals surface area contributed by atoms with Crippen molar-refractivity contribution < 1.29 is 9.53 Å². The summed E-state index contributed by atoms with van der Waals surface area (Å²) in [6, 6.07) is 10.3. The lowest BCUT2D eigenvalue weighted by atomic mass is 10.00. The molecule has 6 heteroatoms. The zero-order valence-electron chi connectivity index (χ0n) is 14.2. The maximum atomic E-state index is 12.6. The Morgan fingerprint density at radius 3 is 3.12 bits per heavy atom. The number of amides is 1. The molecule has 0 unspecified atom stereocenters. The molecule has 1 aromatic carbocycles. The molecule has 0 radical (unpaired) electrons. The third kappa shape index (κ3) is 3.17. The number of nitrogens with zero attached hydrogens (tertiary/aromatic N) is 2. The molecule has 2 atom stereocenters. The summed E-state index contributed by atoms with van der Waals surface area (Å²) in [6.07, 6.45) is 4.87. The van der Waals surface area contributed by atoms with E-state index >= 15 is 0 Å². The monoisotopic (exact) mass is 338 g/mol. The number of fused-ring (bicyclic) bond motifs is 1. The van der Waals surface area contributed by atoms with Crippen LogP contribution >= 0.6 is 0 Å². The van der Waals surface area contributed by atoms with Gasteiger partial charge in [0.1, 0.15) is 11.9 Å². The van der Waals surface area contributed by atoms with Crippen molar-refractivity contribution in [3.8, 4) is 0 Å². The van der Waals surface area contributed by atoms with Gasteiger partial charge in [0.25, 0.3) is 0 Å². The molecule has 25 heavy (non-hydrogen) atoms. The van der Waals surface area contributed by atoms with E-state index in [9.17, 15) is 4.79 Å². The average molecular weight is 338 g/mol. The van der Waals surface area contributed by atoms with E-state index in [1.807, 2.05) is 29.9 Å². The van der Waals surface area contributed by atoms with Crippen molar-refractivity contribution in [2.45, 2.75) is 18.9 Å². The van der Waals surface area contributed by atoms with Gasteiger partial charge in [-0.1, -0.05) is 18.2 Å². The molecular weight excluding hydrogens is 316 g/mol. The van der Waals surface area contributed by atoms with Gasteiger partial charge in [0.15, 0.2) is 0 Å². The number of rotatable bonds is 5. The lowest BCUT2D eigenvalue weighted by molar-refractivity contribution is -0.126. The normalized spacial score (nSPS) is 20.2. The van der Waals surface area contributed by atoms with Crippen molar-refractivity contribution in [2.24, 2.45) is 13.0 Å². The fourth-order valence-electron chi connectivity index (χ4n) is 3.48. The zero-order chi connectivity index (χ0) is 17.2. The van der Waals surface area contributed by atoms with Gasteiger partial charge in [-0.15, -0.1) is 0 Å². The number of aromatic amines is 1. The van der Waals surface area contributed by atoms with Crippen LogP contribution < -0.4 is 5.32 Å². The highest BCUT2D eigenvalue weighted by Gasteiger charge is 2.37. The van der Waals surface area contributed by atoms with E-state index in [1.54, 1.807) is 6.20 Å². The van der Waals surface area contributed by atoms with Gasteiger partial charge in [0.05, 0.1) is 5.92 Å². The summed E-state index contributed by atoms with van der Waals surface area (Å²) in [6.45, 7) is 1.20. The quantitative estimate of drug-likeness (QED) is 0.750. The number of carbonyl (C=O) groups excluding carboxylic acids is 1. The van der Waals surface area contributed by atoms with E-state index < -0.39 is 0 Å². The summed E-state index contributed by atoms with van der Waals surface area (Å²) >= 11 is 0. The maximum Gasteiger partial charge on any atom is 0.226 e. The topological polar surface area (TPSA) is 71.9 Å². The Labute approximate surface area is 146 Å². The zero-order valence-corrected chi connectivity index (χ0v) is 14.2. The van der Waals surface area contributed by atoms with Crippen LogP contribution in [0.4, 0.5) is 0 Å². The van der Waals surface area contributed by atoms with Gasteiger partial charge < -0.3 is 19.6 Å². The lowest BCUT2D eigenvalue weighted by Gasteiger charge is -2.17. The highest BCUT2D eigenvalue weighted by molar-refractivity contribution is 5.81. The second-order valence-corrected chi connectivity index (χ2v) is 6.51. The first-order valence-corrected chi connectivity index (χ1v) is 8.65. The number of carbonyl (C=O) groups is 1. The summed E-state index contributed by atoms with van der Waals surface area (Å²) < 4.78 is 7.68. The van der Waals surface area contributed by atoms with Gasteiger partial charge in [0, 0.05) is 50.2 Å². The van der Waals surface area contributed by atoms with Crippen molar-refractivity contribution in [1.29, 1.82) is 0 Å². The molecule has 0 bridgehead atoms. The fraction of sp³-hybridized carbons (Fsp3) is 0.368. The van der Waals surface area contributed by atoms with Crippen LogP contribution in [-0.2, 0) is 23.0 Å². The van der Waals surface area contributed by atoms with Gasteiger partial charge in [0.2, 0.25) is 5.91 Å². The Morgan fingerprint density at radius 1 is 1.44 bits per heavy atom. The minimum absolute atomic E-state index is 0.0432. The molecular formula is C19H22N4O2. The first kappa shape index (κ1) is 15.9. The minimum atomic E-state index is -0.256. The summed E-state index contributed by atoms with van der Waals surface area (Å²) in [5.74, 6) is 0.679. The molecule has 0 saturated carbocycles. The highest BCUT2D eigenvalue weighted by Crippen LogP contribution is 2.33. The van der Waals surface area contributed by atoms with Gasteiger partial charge >= 0.3 is 0 Å². The molecule has 2 aromatic heterocycles. The van der Waals surface area contributed by atoms with Crippen LogP contribution in [0.25, 0.3) is 10.9 Å². The molecule has 130 valence electrons. The number of para-hydroxylation sites is 1. The van der Waals surface area contributed by atoms with Crippen LogP contribution in [0.15, 0.2) is 42.7 Å². The number of aryl methyl sites for hydroxylation is 1. The van der Waals surface area contributed by atoms with Crippen LogP contribution in [0, 0.1) is 5.92 Å². The van der Waals surface area contributed by atoms with E-state index in [0.717, 1.165) is 29.9 Å². The Hall–Kier alpha value is -2.60. The van der Waals surface area contributed by atoms with Crippen molar-refractivity contribution in [3.63, 3.8) is 0 Å². The van der Waals surface area contributed by atoms with Gasteiger partial charge in [-0.05, 0) is 23.9 Å². The molecule has 6 nitrogen and oxygen atoms in total. The standard InChI is InChI=1S/C19H22N4O2/c1-23-10-9-20-18(23)17-15(7-11-25-17)19(24)21-8-6-14-12-13-4-2-3-5-16(13)22-14/h2-5,9-10,12,15,17,22H,6-8,11H2,1H3,(H,21,24)/t15-,17-/m1/s1. The number of ether oxygens (including phenoxy) is 1. The third-order valence-corrected chi connectivity index (χ3v) is 4.82. The summed E-state index contributed by atoms with van der Waals surface area (Å²) in [7, 11) is 1.93. The van der Waals surface area contributed by atoms with Crippen LogP contribution in [0.3, 0.4) is 0 Å². The van der Waals surface area contributed by atoms with Crippen LogP contribution in [0.2, 0.25) is 0 Å². The number of imidazole rings is 1. The molecule has 3 heterocycles. The lowest BCUT2D eigenvalue weighted by Crippen LogP contribution is -2.34. The SMILES string of the molecule is Cn1ccnc1[C@@H]1OCC[C@H]1C(=O)NCCc1cc2ccccc2[nH]1. The number of hydrogen-bond donors (Lipinski definition) is 2. The second kappa shape index (κ2) is 6.72. The largest absolute Gasteiger partial charge is 0.369 e. The van der Waals surface area contributed by atoms with E-state index in [0.29, 0.717) is 13.2 Å². The molecule has 0 spiro atoms. The predicted molar refractivity (Wildman–Crippen MR) is 95.0 cm³/mol. The van der Waals surface area contributed by atoms with Crippen LogP contribution in [-0.4, -0.2) is 33.6 Å². The Balaban J connectivity index is 1.36. The summed E-state index contributed by atoms with van der Waals surface area (Å²) in [5.41, 5.74) is 2.26. The number of benzene rings is 1. The molecule has 1 saturated heterocycles. The van der Waals surface area contributed by atoms with E-state index in [4.69, 9.17) is 4.74 Å². The van der Waals surface area contributed by atoms with Crippen molar-refractivity contribution >= 4 is 16.8 Å². The molecule has 1 fully saturated rings. The second-order valence-electron chi connectivity index (χ2n) is 6.51. The Morgan fingerprint density at radius 2 is 2.32 bits per heavy atom. The minimum Gasteiger partial charge on any atom is -0.369 e. The van der Waals surface area contributed by atoms with Gasteiger partial charge in [-0.3, -0.25) is 4.79 Å². The van der Waals surface area contributed by atoms with Crippen LogP contribution in [0.1, 0.15) is 24.0 Å².